The highest BCUT2D eigenvalue weighted by molar-refractivity contribution is 7.59. The summed E-state index contributed by atoms with van der Waals surface area (Å²) in [6, 6.07) is 17.5. The molecule has 0 amide bonds. The van der Waals surface area contributed by atoms with Gasteiger partial charge < -0.3 is 4.74 Å². The number of para-hydroxylation sites is 1. The fourth-order valence-electron chi connectivity index (χ4n) is 2.81. The summed E-state index contributed by atoms with van der Waals surface area (Å²) in [5, 5.41) is 8.56. The zero-order valence-electron chi connectivity index (χ0n) is 15.2. The lowest BCUT2D eigenvalue weighted by atomic mass is 10.2. The number of nitrogens with zero attached hydrogens (tertiary/aromatic N) is 4. The van der Waals surface area contributed by atoms with E-state index in [1.54, 1.807) is 23.0 Å². The molecule has 0 unspecified atom stereocenters. The van der Waals surface area contributed by atoms with Crippen molar-refractivity contribution in [3.63, 3.8) is 0 Å². The maximum absolute atomic E-state index is 12.5. The SMILES string of the molecule is O=c1ccn(-c2cccc(OC(F)(F)F)c2)nc1-c1ccnn1-c1ccccc1.S. The molecule has 10 heteroatoms. The molecule has 0 aliphatic heterocycles. The van der Waals surface area contributed by atoms with Crippen LogP contribution >= 0.6 is 13.5 Å². The molecule has 4 rings (SSSR count). The van der Waals surface area contributed by atoms with Gasteiger partial charge in [-0.1, -0.05) is 24.3 Å². The van der Waals surface area contributed by atoms with Gasteiger partial charge in [-0.15, -0.1) is 13.2 Å². The van der Waals surface area contributed by atoms with Crippen molar-refractivity contribution in [1.82, 2.24) is 19.6 Å². The lowest BCUT2D eigenvalue weighted by Gasteiger charge is -2.12. The first-order valence-electron chi connectivity index (χ1n) is 8.47. The number of benzene rings is 2. The Balaban J connectivity index is 0.00000256. The predicted octanol–water partition coefficient (Wildman–Crippen LogP) is 4.10. The minimum Gasteiger partial charge on any atom is -0.406 e. The van der Waals surface area contributed by atoms with Gasteiger partial charge in [-0.3, -0.25) is 4.79 Å². The van der Waals surface area contributed by atoms with Crippen LogP contribution in [-0.4, -0.2) is 25.9 Å². The Bertz CT molecular complexity index is 1210. The van der Waals surface area contributed by atoms with Crippen LogP contribution in [0, 0.1) is 0 Å². The quantitative estimate of drug-likeness (QED) is 0.487. The number of hydrogen-bond acceptors (Lipinski definition) is 4. The van der Waals surface area contributed by atoms with Gasteiger partial charge in [-0.2, -0.15) is 23.7 Å². The minimum absolute atomic E-state index is 0. The average Bonchev–Trinajstić information content (AvgIpc) is 3.17. The summed E-state index contributed by atoms with van der Waals surface area (Å²) in [5.74, 6) is -0.383. The van der Waals surface area contributed by atoms with Crippen LogP contribution in [0.1, 0.15) is 0 Å². The van der Waals surface area contributed by atoms with E-state index in [1.165, 1.54) is 35.1 Å². The van der Waals surface area contributed by atoms with Crippen molar-refractivity contribution < 1.29 is 17.9 Å². The Morgan fingerprint density at radius 1 is 0.900 bits per heavy atom. The van der Waals surface area contributed by atoms with E-state index >= 15 is 0 Å². The first kappa shape index (κ1) is 21.2. The summed E-state index contributed by atoms with van der Waals surface area (Å²) in [4.78, 5) is 12.4. The summed E-state index contributed by atoms with van der Waals surface area (Å²) in [6.45, 7) is 0. The number of hydrogen-bond donors (Lipinski definition) is 0. The third-order valence-electron chi connectivity index (χ3n) is 4.01. The number of ether oxygens (including phenoxy) is 1. The van der Waals surface area contributed by atoms with Crippen LogP contribution in [0.25, 0.3) is 22.8 Å². The van der Waals surface area contributed by atoms with Crippen LogP contribution in [-0.2, 0) is 0 Å². The lowest BCUT2D eigenvalue weighted by molar-refractivity contribution is -0.274. The summed E-state index contributed by atoms with van der Waals surface area (Å²) < 4.78 is 44.3. The van der Waals surface area contributed by atoms with Gasteiger partial charge in [-0.05, 0) is 30.3 Å². The summed E-state index contributed by atoms with van der Waals surface area (Å²) in [5.41, 5.74) is 1.26. The van der Waals surface area contributed by atoms with E-state index in [1.807, 2.05) is 30.3 Å². The van der Waals surface area contributed by atoms with E-state index in [2.05, 4.69) is 14.9 Å². The van der Waals surface area contributed by atoms with Gasteiger partial charge in [0.15, 0.2) is 5.69 Å². The fraction of sp³-hybridized carbons (Fsp3) is 0.0500. The van der Waals surface area contributed by atoms with Crippen LogP contribution in [0.2, 0.25) is 0 Å². The summed E-state index contributed by atoms with van der Waals surface area (Å²) in [6.07, 6.45) is -1.89. The second-order valence-electron chi connectivity index (χ2n) is 5.98. The molecule has 4 aromatic rings. The number of aromatic nitrogens is 4. The summed E-state index contributed by atoms with van der Waals surface area (Å²) in [7, 11) is 0. The highest BCUT2D eigenvalue weighted by Gasteiger charge is 2.31. The molecule has 0 N–H and O–H groups in total. The van der Waals surface area contributed by atoms with Crippen LogP contribution in [0.4, 0.5) is 13.2 Å². The number of halogens is 3. The number of alkyl halides is 3. The standard InChI is InChI=1S/C20H13F3N4O2.H2S/c21-20(22,23)29-16-8-4-7-15(13-16)26-12-10-18(28)19(25-26)17-9-11-24-27(17)14-5-2-1-3-6-14;/h1-13H;1H2. The number of rotatable bonds is 4. The molecule has 2 aromatic carbocycles. The topological polar surface area (TPSA) is 61.9 Å². The van der Waals surface area contributed by atoms with Gasteiger partial charge in [0.25, 0.3) is 0 Å². The van der Waals surface area contributed by atoms with Crippen LogP contribution in [0.5, 0.6) is 5.75 Å². The molecule has 0 aliphatic carbocycles. The van der Waals surface area contributed by atoms with Gasteiger partial charge in [0.1, 0.15) is 5.75 Å². The predicted molar refractivity (Wildman–Crippen MR) is 109 cm³/mol. The molecule has 30 heavy (non-hydrogen) atoms. The van der Waals surface area contributed by atoms with Crippen LogP contribution < -0.4 is 10.2 Å². The van der Waals surface area contributed by atoms with E-state index in [0.717, 1.165) is 5.69 Å². The van der Waals surface area contributed by atoms with Crippen LogP contribution in [0.3, 0.4) is 0 Å². The van der Waals surface area contributed by atoms with Crippen molar-refractivity contribution in [3.8, 4) is 28.5 Å². The Hall–Kier alpha value is -3.53. The van der Waals surface area contributed by atoms with Gasteiger partial charge in [0.2, 0.25) is 5.43 Å². The van der Waals surface area contributed by atoms with E-state index in [9.17, 15) is 18.0 Å². The molecule has 0 fully saturated rings. The molecule has 154 valence electrons. The van der Waals surface area contributed by atoms with Gasteiger partial charge in [-0.25, -0.2) is 9.36 Å². The molecule has 0 saturated heterocycles. The molecule has 0 aliphatic rings. The molecule has 0 saturated carbocycles. The second kappa shape index (κ2) is 8.46. The Labute approximate surface area is 175 Å². The highest BCUT2D eigenvalue weighted by Crippen LogP contribution is 2.25. The van der Waals surface area contributed by atoms with Crippen molar-refractivity contribution >= 4 is 13.5 Å². The molecule has 6 nitrogen and oxygen atoms in total. The molecular formula is C20H15F3N4O2S. The molecule has 0 radical (unpaired) electrons. The van der Waals surface area contributed by atoms with Gasteiger partial charge >= 0.3 is 6.36 Å². The van der Waals surface area contributed by atoms with E-state index in [-0.39, 0.29) is 30.4 Å². The molecule has 2 heterocycles. The third kappa shape index (κ3) is 4.54. The molecule has 0 spiro atoms. The average molecular weight is 432 g/mol. The van der Waals surface area contributed by atoms with Crippen molar-refractivity contribution in [3.05, 3.63) is 89.3 Å². The zero-order valence-corrected chi connectivity index (χ0v) is 16.2. The first-order chi connectivity index (χ1) is 13.9. The van der Waals surface area contributed by atoms with Crippen molar-refractivity contribution in [1.29, 1.82) is 0 Å². The maximum Gasteiger partial charge on any atom is 0.573 e. The smallest absolute Gasteiger partial charge is 0.406 e. The highest BCUT2D eigenvalue weighted by atomic mass is 32.1. The second-order valence-corrected chi connectivity index (χ2v) is 5.98. The Morgan fingerprint density at radius 3 is 2.37 bits per heavy atom. The summed E-state index contributed by atoms with van der Waals surface area (Å²) >= 11 is 0. The molecular weight excluding hydrogens is 417 g/mol. The van der Waals surface area contributed by atoms with Gasteiger partial charge in [0, 0.05) is 18.3 Å². The Kier molecular flexibility index (Phi) is 5.97. The van der Waals surface area contributed by atoms with Crippen molar-refractivity contribution in [2.75, 3.05) is 0 Å². The normalized spacial score (nSPS) is 11.0. The Morgan fingerprint density at radius 2 is 1.63 bits per heavy atom. The molecule has 2 aromatic heterocycles. The monoisotopic (exact) mass is 432 g/mol. The fourth-order valence-corrected chi connectivity index (χ4v) is 2.81. The van der Waals surface area contributed by atoms with Crippen molar-refractivity contribution in [2.24, 2.45) is 0 Å². The molecule has 0 bridgehead atoms. The van der Waals surface area contributed by atoms with E-state index in [4.69, 9.17) is 0 Å². The van der Waals surface area contributed by atoms with E-state index in [0.29, 0.717) is 11.4 Å². The zero-order chi connectivity index (χ0) is 20.4. The molecule has 0 atom stereocenters. The van der Waals surface area contributed by atoms with Gasteiger partial charge in [0.05, 0.1) is 23.3 Å². The largest absolute Gasteiger partial charge is 0.573 e. The van der Waals surface area contributed by atoms with Crippen LogP contribution in [0.15, 0.2) is 83.9 Å². The van der Waals surface area contributed by atoms with Crippen molar-refractivity contribution in [2.45, 2.75) is 6.36 Å². The third-order valence-corrected chi connectivity index (χ3v) is 4.01. The van der Waals surface area contributed by atoms with E-state index < -0.39 is 6.36 Å². The lowest BCUT2D eigenvalue weighted by Crippen LogP contribution is -2.17. The minimum atomic E-state index is -4.80. The first-order valence-corrected chi connectivity index (χ1v) is 8.47. The maximum atomic E-state index is 12.5.